The lowest BCUT2D eigenvalue weighted by Gasteiger charge is -2.01. The number of aryl methyl sites for hydroxylation is 2. The number of hydrogen-bond acceptors (Lipinski definition) is 3. The molecule has 0 spiro atoms. The minimum Gasteiger partial charge on any atom is -0.301 e. The summed E-state index contributed by atoms with van der Waals surface area (Å²) in [5.74, 6) is 0.787. The Morgan fingerprint density at radius 3 is 2.88 bits per heavy atom. The van der Waals surface area contributed by atoms with Gasteiger partial charge in [0.1, 0.15) is 0 Å². The van der Waals surface area contributed by atoms with E-state index in [1.807, 2.05) is 4.68 Å². The summed E-state index contributed by atoms with van der Waals surface area (Å²) in [6.45, 7) is 6.79. The molecule has 1 aliphatic rings. The quantitative estimate of drug-likeness (QED) is 0.679. The maximum absolute atomic E-state index is 4.23. The summed E-state index contributed by atoms with van der Waals surface area (Å²) in [6.07, 6.45) is 6.89. The number of hydrogen-bond donors (Lipinski definition) is 0. The summed E-state index contributed by atoms with van der Waals surface area (Å²) in [5.41, 5.74) is 1.15. The smallest absolute Gasteiger partial charge is 0.0827 e. The van der Waals surface area contributed by atoms with E-state index >= 15 is 0 Å². The number of likely N-dealkylation sites (N-methyl/N-ethyl adjacent to an activating group) is 1. The van der Waals surface area contributed by atoms with E-state index in [1.165, 1.54) is 25.8 Å². The summed E-state index contributed by atoms with van der Waals surface area (Å²) in [7, 11) is 2.17. The van der Waals surface area contributed by atoms with Crippen LogP contribution in [0.5, 0.6) is 0 Å². The molecule has 2 unspecified atom stereocenters. The van der Waals surface area contributed by atoms with Crippen molar-refractivity contribution in [2.24, 2.45) is 5.92 Å². The molecule has 96 valence electrons. The van der Waals surface area contributed by atoms with Crippen molar-refractivity contribution in [1.29, 1.82) is 0 Å². The molecule has 17 heavy (non-hydrogen) atoms. The second-order valence-electron chi connectivity index (χ2n) is 5.64. The fraction of sp³-hybridized carbons (Fsp3) is 0.846. The third kappa shape index (κ3) is 4.11. The number of nitrogens with zero attached hydrogens (tertiary/aromatic N) is 4. The van der Waals surface area contributed by atoms with E-state index in [-0.39, 0.29) is 0 Å². The van der Waals surface area contributed by atoms with Crippen LogP contribution in [0.2, 0.25) is 0 Å². The standard InChI is InChI=1S/C13H24N4/c1-11(2)5-4-6-12-9-17(15-14-12)8-7-13-10-16(13)3/h9,11,13H,4-8,10H2,1-3H3. The highest BCUT2D eigenvalue weighted by Gasteiger charge is 2.28. The average Bonchev–Trinajstić information content (AvgIpc) is 2.79. The van der Waals surface area contributed by atoms with Gasteiger partial charge in [-0.05, 0) is 32.2 Å². The lowest BCUT2D eigenvalue weighted by molar-refractivity contribution is 0.507. The van der Waals surface area contributed by atoms with E-state index in [4.69, 9.17) is 0 Å². The third-order valence-corrected chi connectivity index (χ3v) is 3.48. The number of aromatic nitrogens is 3. The molecule has 2 rings (SSSR count). The Bertz CT molecular complexity index is 345. The summed E-state index contributed by atoms with van der Waals surface area (Å²) in [4.78, 5) is 2.36. The van der Waals surface area contributed by atoms with Crippen LogP contribution in [0.1, 0.15) is 38.8 Å². The largest absolute Gasteiger partial charge is 0.301 e. The molecule has 2 atom stereocenters. The van der Waals surface area contributed by atoms with Gasteiger partial charge in [-0.25, -0.2) is 0 Å². The molecule has 0 radical (unpaired) electrons. The van der Waals surface area contributed by atoms with E-state index in [0.717, 1.165) is 30.6 Å². The van der Waals surface area contributed by atoms with Crippen molar-refractivity contribution in [1.82, 2.24) is 19.9 Å². The van der Waals surface area contributed by atoms with Gasteiger partial charge in [-0.15, -0.1) is 5.10 Å². The zero-order valence-electron chi connectivity index (χ0n) is 11.3. The zero-order chi connectivity index (χ0) is 12.3. The molecule has 0 N–H and O–H groups in total. The Hall–Kier alpha value is -0.900. The van der Waals surface area contributed by atoms with Crippen LogP contribution in [0.3, 0.4) is 0 Å². The normalized spacial score (nSPS) is 23.3. The Balaban J connectivity index is 1.68. The summed E-state index contributed by atoms with van der Waals surface area (Å²) < 4.78 is 2.00. The van der Waals surface area contributed by atoms with Gasteiger partial charge >= 0.3 is 0 Å². The van der Waals surface area contributed by atoms with Crippen LogP contribution in [-0.2, 0) is 13.0 Å². The molecule has 2 heterocycles. The van der Waals surface area contributed by atoms with Crippen LogP contribution in [0.25, 0.3) is 0 Å². The molecule has 0 aliphatic carbocycles. The fourth-order valence-corrected chi connectivity index (χ4v) is 2.13. The second kappa shape index (κ2) is 5.63. The van der Waals surface area contributed by atoms with Crippen LogP contribution < -0.4 is 0 Å². The van der Waals surface area contributed by atoms with Gasteiger partial charge in [0, 0.05) is 25.3 Å². The van der Waals surface area contributed by atoms with Gasteiger partial charge in [-0.3, -0.25) is 4.68 Å². The molecule has 0 saturated carbocycles. The molecular formula is C13H24N4. The Morgan fingerprint density at radius 1 is 1.47 bits per heavy atom. The fourth-order valence-electron chi connectivity index (χ4n) is 2.13. The highest BCUT2D eigenvalue weighted by atomic mass is 15.4. The van der Waals surface area contributed by atoms with Gasteiger partial charge in [0.25, 0.3) is 0 Å². The molecule has 1 saturated heterocycles. The van der Waals surface area contributed by atoms with Crippen molar-refractivity contribution in [3.63, 3.8) is 0 Å². The molecule has 1 aromatic heterocycles. The van der Waals surface area contributed by atoms with Crippen LogP contribution in [0.15, 0.2) is 6.20 Å². The van der Waals surface area contributed by atoms with Gasteiger partial charge in [0.15, 0.2) is 0 Å². The van der Waals surface area contributed by atoms with E-state index < -0.39 is 0 Å². The van der Waals surface area contributed by atoms with Crippen molar-refractivity contribution in [3.8, 4) is 0 Å². The maximum atomic E-state index is 4.23. The molecule has 1 aliphatic heterocycles. The molecule has 0 amide bonds. The van der Waals surface area contributed by atoms with Gasteiger partial charge in [-0.2, -0.15) is 0 Å². The Labute approximate surface area is 104 Å². The second-order valence-corrected chi connectivity index (χ2v) is 5.64. The Morgan fingerprint density at radius 2 is 2.24 bits per heavy atom. The van der Waals surface area contributed by atoms with Crippen LogP contribution in [0, 0.1) is 5.92 Å². The van der Waals surface area contributed by atoms with Crippen molar-refractivity contribution < 1.29 is 0 Å². The van der Waals surface area contributed by atoms with Crippen molar-refractivity contribution >= 4 is 0 Å². The van der Waals surface area contributed by atoms with E-state index in [1.54, 1.807) is 0 Å². The predicted octanol–water partition coefficient (Wildman–Crippen LogP) is 1.96. The van der Waals surface area contributed by atoms with Crippen LogP contribution >= 0.6 is 0 Å². The van der Waals surface area contributed by atoms with Gasteiger partial charge < -0.3 is 4.90 Å². The van der Waals surface area contributed by atoms with Crippen molar-refractivity contribution in [2.45, 2.75) is 52.1 Å². The first kappa shape index (κ1) is 12.6. The first-order chi connectivity index (χ1) is 8.15. The predicted molar refractivity (Wildman–Crippen MR) is 68.8 cm³/mol. The topological polar surface area (TPSA) is 33.7 Å². The summed E-state index contributed by atoms with van der Waals surface area (Å²) in [5, 5.41) is 8.42. The van der Waals surface area contributed by atoms with Crippen molar-refractivity contribution in [2.75, 3.05) is 13.6 Å². The van der Waals surface area contributed by atoms with E-state index in [9.17, 15) is 0 Å². The SMILES string of the molecule is CC(C)CCCc1cn(CCC2CN2C)nn1. The minimum absolute atomic E-state index is 0.781. The van der Waals surface area contributed by atoms with Gasteiger partial charge in [0.2, 0.25) is 0 Å². The summed E-state index contributed by atoms with van der Waals surface area (Å²) in [6, 6.07) is 0.781. The molecule has 0 bridgehead atoms. The van der Waals surface area contributed by atoms with E-state index in [2.05, 4.69) is 42.3 Å². The first-order valence-electron chi connectivity index (χ1n) is 6.74. The Kier molecular flexibility index (Phi) is 4.15. The molecule has 4 heteroatoms. The van der Waals surface area contributed by atoms with Crippen LogP contribution in [0.4, 0.5) is 0 Å². The zero-order valence-corrected chi connectivity index (χ0v) is 11.3. The monoisotopic (exact) mass is 236 g/mol. The molecule has 0 aromatic carbocycles. The lowest BCUT2D eigenvalue weighted by Crippen LogP contribution is -2.04. The molecular weight excluding hydrogens is 212 g/mol. The highest BCUT2D eigenvalue weighted by molar-refractivity contribution is 4.93. The number of rotatable bonds is 7. The maximum Gasteiger partial charge on any atom is 0.0827 e. The first-order valence-corrected chi connectivity index (χ1v) is 6.74. The molecule has 4 nitrogen and oxygen atoms in total. The summed E-state index contributed by atoms with van der Waals surface area (Å²) >= 11 is 0. The minimum atomic E-state index is 0.781. The molecule has 1 aromatic rings. The van der Waals surface area contributed by atoms with Gasteiger partial charge in [-0.1, -0.05) is 25.5 Å². The lowest BCUT2D eigenvalue weighted by atomic mass is 10.1. The van der Waals surface area contributed by atoms with E-state index in [0.29, 0.717) is 0 Å². The molecule has 1 fully saturated rings. The van der Waals surface area contributed by atoms with Crippen molar-refractivity contribution in [3.05, 3.63) is 11.9 Å². The highest BCUT2D eigenvalue weighted by Crippen LogP contribution is 2.17. The third-order valence-electron chi connectivity index (χ3n) is 3.48. The van der Waals surface area contributed by atoms with Gasteiger partial charge in [0.05, 0.1) is 5.69 Å². The average molecular weight is 236 g/mol. The van der Waals surface area contributed by atoms with Crippen LogP contribution in [-0.4, -0.2) is 39.5 Å².